The lowest BCUT2D eigenvalue weighted by Gasteiger charge is -2.10. The number of nitrogen functional groups attached to an aromatic ring is 1. The SMILES string of the molecule is CCCCCSc1nc(N)c(-c2nc(-c3ccccc3)cs2)cc1C(N)=O. The molecular formula is C20H22N4OS2. The lowest BCUT2D eigenvalue weighted by molar-refractivity contribution is 0.0997. The van der Waals surface area contributed by atoms with Crippen molar-refractivity contribution in [3.63, 3.8) is 0 Å². The third-order valence-electron chi connectivity index (χ3n) is 4.07. The molecule has 27 heavy (non-hydrogen) atoms. The predicted molar refractivity (Wildman–Crippen MR) is 114 cm³/mol. The highest BCUT2D eigenvalue weighted by Gasteiger charge is 2.18. The Kier molecular flexibility index (Phi) is 6.47. The van der Waals surface area contributed by atoms with Crippen LogP contribution in [0, 0.1) is 0 Å². The van der Waals surface area contributed by atoms with Crippen LogP contribution in [0.1, 0.15) is 36.5 Å². The average molecular weight is 399 g/mol. The standard InChI is InChI=1S/C20H22N4OS2/c1-2-3-7-10-26-20-15(18(22)25)11-14(17(21)24-20)19-23-16(12-27-19)13-8-5-4-6-9-13/h4-6,8-9,11-12H,2-3,7,10H2,1H3,(H2,21,24)(H2,22,25). The van der Waals surface area contributed by atoms with E-state index in [2.05, 4.69) is 16.9 Å². The summed E-state index contributed by atoms with van der Waals surface area (Å²) in [7, 11) is 0. The number of carbonyl (C=O) groups is 1. The smallest absolute Gasteiger partial charge is 0.251 e. The molecule has 0 fully saturated rings. The second-order valence-electron chi connectivity index (χ2n) is 6.10. The number of thioether (sulfide) groups is 1. The Morgan fingerprint density at radius 3 is 2.67 bits per heavy atom. The summed E-state index contributed by atoms with van der Waals surface area (Å²) >= 11 is 3.00. The van der Waals surface area contributed by atoms with Gasteiger partial charge in [0.05, 0.1) is 16.8 Å². The Morgan fingerprint density at radius 2 is 1.96 bits per heavy atom. The molecule has 0 spiro atoms. The van der Waals surface area contributed by atoms with Crippen LogP contribution in [0.2, 0.25) is 0 Å². The molecule has 140 valence electrons. The molecule has 2 heterocycles. The molecule has 5 nitrogen and oxygen atoms in total. The van der Waals surface area contributed by atoms with E-state index in [9.17, 15) is 4.79 Å². The van der Waals surface area contributed by atoms with Crippen molar-refractivity contribution in [1.29, 1.82) is 0 Å². The minimum Gasteiger partial charge on any atom is -0.383 e. The molecule has 0 aliphatic rings. The van der Waals surface area contributed by atoms with E-state index in [1.807, 2.05) is 35.7 Å². The van der Waals surface area contributed by atoms with Crippen LogP contribution in [0.5, 0.6) is 0 Å². The molecule has 4 N–H and O–H groups in total. The molecule has 0 saturated heterocycles. The van der Waals surface area contributed by atoms with Crippen molar-refractivity contribution in [2.45, 2.75) is 31.2 Å². The maximum absolute atomic E-state index is 11.9. The normalized spacial score (nSPS) is 10.9. The van der Waals surface area contributed by atoms with Crippen molar-refractivity contribution in [1.82, 2.24) is 9.97 Å². The molecule has 3 aromatic rings. The molecule has 0 bridgehead atoms. The van der Waals surface area contributed by atoms with Gasteiger partial charge in [-0.25, -0.2) is 9.97 Å². The molecule has 0 aliphatic carbocycles. The molecule has 3 rings (SSSR count). The van der Waals surface area contributed by atoms with Crippen LogP contribution < -0.4 is 11.5 Å². The maximum atomic E-state index is 11.9. The van der Waals surface area contributed by atoms with E-state index in [0.29, 0.717) is 22.0 Å². The summed E-state index contributed by atoms with van der Waals surface area (Å²) in [6.07, 6.45) is 3.36. The number of pyridine rings is 1. The summed E-state index contributed by atoms with van der Waals surface area (Å²) in [6, 6.07) is 11.6. The number of thiazole rings is 1. The molecule has 0 radical (unpaired) electrons. The van der Waals surface area contributed by atoms with Gasteiger partial charge < -0.3 is 11.5 Å². The van der Waals surface area contributed by atoms with Crippen molar-refractivity contribution < 1.29 is 4.79 Å². The summed E-state index contributed by atoms with van der Waals surface area (Å²) in [6.45, 7) is 2.16. The minimum atomic E-state index is -0.499. The van der Waals surface area contributed by atoms with Crippen molar-refractivity contribution >= 4 is 34.8 Å². The second-order valence-corrected chi connectivity index (χ2v) is 8.04. The van der Waals surface area contributed by atoms with E-state index in [4.69, 9.17) is 11.5 Å². The van der Waals surface area contributed by atoms with Gasteiger partial charge in [0.15, 0.2) is 0 Å². The van der Waals surface area contributed by atoms with Gasteiger partial charge in [-0.1, -0.05) is 50.1 Å². The molecule has 0 saturated carbocycles. The fraction of sp³-hybridized carbons (Fsp3) is 0.250. The number of nitrogens with two attached hydrogens (primary N) is 2. The Hall–Kier alpha value is -2.38. The molecule has 0 atom stereocenters. The largest absolute Gasteiger partial charge is 0.383 e. The highest BCUT2D eigenvalue weighted by Crippen LogP contribution is 2.34. The molecular weight excluding hydrogens is 376 g/mol. The maximum Gasteiger partial charge on any atom is 0.251 e. The van der Waals surface area contributed by atoms with Crippen LogP contribution in [-0.4, -0.2) is 21.6 Å². The first kappa shape index (κ1) is 19.4. The highest BCUT2D eigenvalue weighted by molar-refractivity contribution is 7.99. The highest BCUT2D eigenvalue weighted by atomic mass is 32.2. The molecule has 0 unspecified atom stereocenters. The lowest BCUT2D eigenvalue weighted by atomic mass is 10.1. The summed E-state index contributed by atoms with van der Waals surface area (Å²) in [5, 5.41) is 3.30. The molecule has 1 amide bonds. The first-order valence-electron chi connectivity index (χ1n) is 8.84. The van der Waals surface area contributed by atoms with E-state index in [-0.39, 0.29) is 0 Å². The number of anilines is 1. The number of carbonyl (C=O) groups excluding carboxylic acids is 1. The third kappa shape index (κ3) is 4.67. The van der Waals surface area contributed by atoms with Crippen molar-refractivity contribution in [2.75, 3.05) is 11.5 Å². The lowest BCUT2D eigenvalue weighted by Crippen LogP contribution is -2.14. The van der Waals surface area contributed by atoms with E-state index < -0.39 is 5.91 Å². The first-order chi connectivity index (χ1) is 13.1. The molecule has 1 aromatic carbocycles. The van der Waals surface area contributed by atoms with Gasteiger partial charge in [0, 0.05) is 10.9 Å². The van der Waals surface area contributed by atoms with Gasteiger partial charge in [-0.05, 0) is 18.2 Å². The number of unbranched alkanes of at least 4 members (excludes halogenated alkanes) is 2. The summed E-state index contributed by atoms with van der Waals surface area (Å²) < 4.78 is 0. The third-order valence-corrected chi connectivity index (χ3v) is 6.03. The van der Waals surface area contributed by atoms with Crippen molar-refractivity contribution in [3.05, 3.63) is 47.3 Å². The van der Waals surface area contributed by atoms with Crippen LogP contribution in [0.25, 0.3) is 21.8 Å². The van der Waals surface area contributed by atoms with E-state index >= 15 is 0 Å². The zero-order chi connectivity index (χ0) is 19.2. The molecule has 2 aromatic heterocycles. The minimum absolute atomic E-state index is 0.368. The number of aromatic nitrogens is 2. The zero-order valence-electron chi connectivity index (χ0n) is 15.1. The average Bonchev–Trinajstić information content (AvgIpc) is 3.15. The topological polar surface area (TPSA) is 94.9 Å². The Balaban J connectivity index is 1.91. The quantitative estimate of drug-likeness (QED) is 0.418. The summed E-state index contributed by atoms with van der Waals surface area (Å²) in [5.41, 5.74) is 14.7. The molecule has 0 aliphatic heterocycles. The van der Waals surface area contributed by atoms with Gasteiger partial charge in [0.2, 0.25) is 0 Å². The predicted octanol–water partition coefficient (Wildman–Crippen LogP) is 4.84. The monoisotopic (exact) mass is 398 g/mol. The van der Waals surface area contributed by atoms with Crippen molar-refractivity contribution in [2.24, 2.45) is 5.73 Å². The Bertz CT molecular complexity index is 925. The van der Waals surface area contributed by atoms with Crippen LogP contribution in [0.4, 0.5) is 5.82 Å². The van der Waals surface area contributed by atoms with Gasteiger partial charge in [-0.2, -0.15) is 0 Å². The number of nitrogens with zero attached hydrogens (tertiary/aromatic N) is 2. The Labute approximate surface area is 167 Å². The summed E-state index contributed by atoms with van der Waals surface area (Å²) in [4.78, 5) is 21.1. The van der Waals surface area contributed by atoms with Crippen molar-refractivity contribution in [3.8, 4) is 21.8 Å². The first-order valence-corrected chi connectivity index (χ1v) is 10.7. The van der Waals surface area contributed by atoms with Gasteiger partial charge in [0.1, 0.15) is 15.9 Å². The van der Waals surface area contributed by atoms with Crippen LogP contribution in [-0.2, 0) is 0 Å². The number of rotatable bonds is 8. The zero-order valence-corrected chi connectivity index (χ0v) is 16.8. The number of primary amides is 1. The van der Waals surface area contributed by atoms with Crippen LogP contribution >= 0.6 is 23.1 Å². The van der Waals surface area contributed by atoms with Crippen LogP contribution in [0.15, 0.2) is 46.8 Å². The van der Waals surface area contributed by atoms with E-state index in [1.54, 1.807) is 6.07 Å². The van der Waals surface area contributed by atoms with E-state index in [1.165, 1.54) is 23.1 Å². The number of hydrogen-bond donors (Lipinski definition) is 2. The van der Waals surface area contributed by atoms with Gasteiger partial charge in [-0.3, -0.25) is 4.79 Å². The Morgan fingerprint density at radius 1 is 1.19 bits per heavy atom. The molecule has 7 heteroatoms. The summed E-state index contributed by atoms with van der Waals surface area (Å²) in [5.74, 6) is 0.753. The fourth-order valence-electron chi connectivity index (χ4n) is 2.63. The van der Waals surface area contributed by atoms with Gasteiger partial charge in [0.25, 0.3) is 5.91 Å². The second kappa shape index (κ2) is 9.01. The van der Waals surface area contributed by atoms with Gasteiger partial charge >= 0.3 is 0 Å². The van der Waals surface area contributed by atoms with Gasteiger partial charge in [-0.15, -0.1) is 23.1 Å². The fourth-order valence-corrected chi connectivity index (χ4v) is 4.50. The number of hydrogen-bond acceptors (Lipinski definition) is 6. The van der Waals surface area contributed by atoms with E-state index in [0.717, 1.165) is 41.3 Å². The number of amides is 1. The van der Waals surface area contributed by atoms with Crippen LogP contribution in [0.3, 0.4) is 0 Å². The number of benzene rings is 1.